The average molecular weight is 338 g/mol. The maximum absolute atomic E-state index is 14.0. The van der Waals surface area contributed by atoms with Gasteiger partial charge in [0, 0.05) is 10.5 Å². The van der Waals surface area contributed by atoms with Crippen LogP contribution in [-0.4, -0.2) is 22.4 Å². The first-order chi connectivity index (χ1) is 10.9. The molecule has 122 valence electrons. The van der Waals surface area contributed by atoms with Crippen LogP contribution >= 0.6 is 11.8 Å². The fourth-order valence-electron chi connectivity index (χ4n) is 2.33. The molecule has 0 aliphatic carbocycles. The van der Waals surface area contributed by atoms with Crippen molar-refractivity contribution < 1.29 is 23.8 Å². The fourth-order valence-corrected chi connectivity index (χ4v) is 2.76. The molecule has 0 bridgehead atoms. The third-order valence-electron chi connectivity index (χ3n) is 3.60. The first-order valence-corrected chi connectivity index (χ1v) is 8.14. The quantitative estimate of drug-likeness (QED) is 0.782. The number of carbonyl (C=O) groups is 1. The van der Waals surface area contributed by atoms with Crippen LogP contribution in [0.3, 0.4) is 0 Å². The maximum atomic E-state index is 14.0. The molecule has 0 aliphatic heterocycles. The highest BCUT2D eigenvalue weighted by Gasteiger charge is 2.25. The average Bonchev–Trinajstić information content (AvgIpc) is 2.53. The van der Waals surface area contributed by atoms with Crippen molar-refractivity contribution in [2.24, 2.45) is 0 Å². The van der Waals surface area contributed by atoms with Crippen molar-refractivity contribution in [1.82, 2.24) is 0 Å². The third-order valence-corrected chi connectivity index (χ3v) is 4.32. The van der Waals surface area contributed by atoms with Gasteiger partial charge in [0.2, 0.25) is 0 Å². The smallest absolute Gasteiger partial charge is 0.311 e. The standard InChI is InChI=1S/C17H16F2O3S/c1-23-12-6-7-13(15(19)8-12)16(20)9-14(17(21)22)10-2-4-11(18)5-3-10/h2-8,14,16,20H,9H2,1H3,(H,21,22). The van der Waals surface area contributed by atoms with E-state index >= 15 is 0 Å². The Morgan fingerprint density at radius 2 is 1.83 bits per heavy atom. The molecule has 3 nitrogen and oxygen atoms in total. The molecule has 0 heterocycles. The molecule has 0 spiro atoms. The van der Waals surface area contributed by atoms with Gasteiger partial charge < -0.3 is 10.2 Å². The molecule has 0 amide bonds. The molecular weight excluding hydrogens is 322 g/mol. The summed E-state index contributed by atoms with van der Waals surface area (Å²) in [5.41, 5.74) is 0.412. The van der Waals surface area contributed by atoms with Crippen LogP contribution in [0.4, 0.5) is 8.78 Å². The lowest BCUT2D eigenvalue weighted by molar-refractivity contribution is -0.139. The van der Waals surface area contributed by atoms with Gasteiger partial charge in [-0.15, -0.1) is 11.8 Å². The topological polar surface area (TPSA) is 57.5 Å². The molecule has 0 fully saturated rings. The number of carboxylic acid groups (broad SMARTS) is 1. The second-order valence-electron chi connectivity index (χ2n) is 5.08. The minimum atomic E-state index is -1.27. The highest BCUT2D eigenvalue weighted by Crippen LogP contribution is 2.31. The van der Waals surface area contributed by atoms with Gasteiger partial charge in [0.25, 0.3) is 0 Å². The van der Waals surface area contributed by atoms with Crippen LogP contribution in [0.25, 0.3) is 0 Å². The van der Waals surface area contributed by atoms with Gasteiger partial charge in [0.15, 0.2) is 0 Å². The van der Waals surface area contributed by atoms with Gasteiger partial charge in [0.05, 0.1) is 12.0 Å². The SMILES string of the molecule is CSc1ccc(C(O)CC(C(=O)O)c2ccc(F)cc2)c(F)c1. The summed E-state index contributed by atoms with van der Waals surface area (Å²) >= 11 is 1.37. The number of hydrogen-bond acceptors (Lipinski definition) is 3. The summed E-state index contributed by atoms with van der Waals surface area (Å²) in [4.78, 5) is 12.1. The van der Waals surface area contributed by atoms with E-state index in [1.54, 1.807) is 12.3 Å². The second-order valence-corrected chi connectivity index (χ2v) is 5.96. The molecule has 2 unspecified atom stereocenters. The Kier molecular flexibility index (Phi) is 5.74. The van der Waals surface area contributed by atoms with E-state index in [9.17, 15) is 23.8 Å². The van der Waals surface area contributed by atoms with Crippen LogP contribution in [0.1, 0.15) is 29.6 Å². The second kappa shape index (κ2) is 7.57. The Morgan fingerprint density at radius 3 is 2.35 bits per heavy atom. The van der Waals surface area contributed by atoms with Crippen molar-refractivity contribution in [2.75, 3.05) is 6.26 Å². The molecule has 2 atom stereocenters. The third kappa shape index (κ3) is 4.30. The Bertz CT molecular complexity index is 689. The fraction of sp³-hybridized carbons (Fsp3) is 0.235. The maximum Gasteiger partial charge on any atom is 0.311 e. The first kappa shape index (κ1) is 17.4. The summed E-state index contributed by atoms with van der Waals surface area (Å²) in [5.74, 6) is -3.26. The van der Waals surface area contributed by atoms with E-state index in [0.717, 1.165) is 12.1 Å². The van der Waals surface area contributed by atoms with Crippen LogP contribution in [0.5, 0.6) is 0 Å². The monoisotopic (exact) mass is 338 g/mol. The lowest BCUT2D eigenvalue weighted by Gasteiger charge is -2.18. The van der Waals surface area contributed by atoms with Gasteiger partial charge in [-0.05, 0) is 42.5 Å². The van der Waals surface area contributed by atoms with E-state index in [0.29, 0.717) is 10.5 Å². The van der Waals surface area contributed by atoms with Crippen molar-refractivity contribution in [1.29, 1.82) is 0 Å². The Balaban J connectivity index is 2.23. The van der Waals surface area contributed by atoms with E-state index in [1.165, 1.54) is 36.0 Å². The van der Waals surface area contributed by atoms with Crippen LogP contribution in [0.15, 0.2) is 47.4 Å². The number of aliphatic hydroxyl groups is 1. The van der Waals surface area contributed by atoms with Gasteiger partial charge in [0.1, 0.15) is 11.6 Å². The Hall–Kier alpha value is -1.92. The number of carboxylic acids is 1. The number of benzene rings is 2. The normalized spacial score (nSPS) is 13.6. The zero-order chi connectivity index (χ0) is 17.0. The first-order valence-electron chi connectivity index (χ1n) is 6.92. The van der Waals surface area contributed by atoms with E-state index in [2.05, 4.69) is 0 Å². The summed E-state index contributed by atoms with van der Waals surface area (Å²) < 4.78 is 27.0. The van der Waals surface area contributed by atoms with Crippen molar-refractivity contribution in [3.05, 3.63) is 65.2 Å². The Morgan fingerprint density at radius 1 is 1.17 bits per heavy atom. The predicted octanol–water partition coefficient (Wildman–Crippen LogP) is 3.98. The molecule has 2 N–H and O–H groups in total. The molecule has 23 heavy (non-hydrogen) atoms. The van der Waals surface area contributed by atoms with Crippen molar-refractivity contribution in [3.8, 4) is 0 Å². The van der Waals surface area contributed by atoms with Crippen LogP contribution in [-0.2, 0) is 4.79 Å². The van der Waals surface area contributed by atoms with Crippen LogP contribution in [0, 0.1) is 11.6 Å². The molecule has 0 aromatic heterocycles. The number of halogens is 2. The van der Waals surface area contributed by atoms with E-state index in [4.69, 9.17) is 0 Å². The molecule has 0 aliphatic rings. The lowest BCUT2D eigenvalue weighted by Crippen LogP contribution is -2.16. The predicted molar refractivity (Wildman–Crippen MR) is 84.5 cm³/mol. The highest BCUT2D eigenvalue weighted by molar-refractivity contribution is 7.98. The van der Waals surface area contributed by atoms with E-state index < -0.39 is 29.6 Å². The number of aliphatic hydroxyl groups excluding tert-OH is 1. The van der Waals surface area contributed by atoms with Crippen molar-refractivity contribution >= 4 is 17.7 Å². The molecule has 0 radical (unpaired) electrons. The van der Waals surface area contributed by atoms with Gasteiger partial charge >= 0.3 is 5.97 Å². The molecule has 2 aromatic rings. The minimum Gasteiger partial charge on any atom is -0.481 e. The van der Waals surface area contributed by atoms with Crippen molar-refractivity contribution in [2.45, 2.75) is 23.3 Å². The van der Waals surface area contributed by atoms with Crippen LogP contribution in [0.2, 0.25) is 0 Å². The molecule has 0 saturated carbocycles. The van der Waals surface area contributed by atoms with Gasteiger partial charge in [-0.2, -0.15) is 0 Å². The number of aliphatic carboxylic acids is 1. The van der Waals surface area contributed by atoms with Gasteiger partial charge in [-0.1, -0.05) is 18.2 Å². The summed E-state index contributed by atoms with van der Waals surface area (Å²) in [7, 11) is 0. The van der Waals surface area contributed by atoms with Gasteiger partial charge in [-0.3, -0.25) is 4.79 Å². The number of hydrogen-bond donors (Lipinski definition) is 2. The summed E-state index contributed by atoms with van der Waals surface area (Å²) in [5, 5.41) is 19.6. The molecule has 2 aromatic carbocycles. The summed E-state index contributed by atoms with van der Waals surface area (Å²) in [6, 6.07) is 9.45. The number of rotatable bonds is 6. The van der Waals surface area contributed by atoms with Crippen LogP contribution < -0.4 is 0 Å². The zero-order valence-electron chi connectivity index (χ0n) is 12.4. The molecular formula is C17H16F2O3S. The molecule has 0 saturated heterocycles. The van der Waals surface area contributed by atoms with Crippen molar-refractivity contribution in [3.63, 3.8) is 0 Å². The summed E-state index contributed by atoms with van der Waals surface area (Å²) in [6.07, 6.45) is 0.341. The summed E-state index contributed by atoms with van der Waals surface area (Å²) in [6.45, 7) is 0. The molecule has 2 rings (SSSR count). The lowest BCUT2D eigenvalue weighted by atomic mass is 9.90. The minimum absolute atomic E-state index is 0.0520. The Labute approximate surface area is 137 Å². The van der Waals surface area contributed by atoms with E-state index in [1.807, 2.05) is 0 Å². The zero-order valence-corrected chi connectivity index (χ0v) is 13.2. The largest absolute Gasteiger partial charge is 0.481 e. The number of thioether (sulfide) groups is 1. The van der Waals surface area contributed by atoms with E-state index in [-0.39, 0.29) is 12.0 Å². The van der Waals surface area contributed by atoms with Gasteiger partial charge in [-0.25, -0.2) is 8.78 Å². The highest BCUT2D eigenvalue weighted by atomic mass is 32.2. The molecule has 6 heteroatoms.